The monoisotopic (exact) mass is 144 g/mol. The Morgan fingerprint density at radius 3 is 2.60 bits per heavy atom. The lowest BCUT2D eigenvalue weighted by Gasteiger charge is -2.06. The first kappa shape index (κ1) is 9.63. The van der Waals surface area contributed by atoms with Gasteiger partial charge in [0.25, 0.3) is 0 Å². The molecule has 2 nitrogen and oxygen atoms in total. The van der Waals surface area contributed by atoms with Gasteiger partial charge >= 0.3 is 0 Å². The molecule has 0 aliphatic carbocycles. The van der Waals surface area contributed by atoms with Gasteiger partial charge in [0.15, 0.2) is 5.78 Å². The molecule has 10 heavy (non-hydrogen) atoms. The van der Waals surface area contributed by atoms with E-state index in [0.29, 0.717) is 6.42 Å². The Labute approximate surface area is 62.6 Å². The van der Waals surface area contributed by atoms with Crippen molar-refractivity contribution in [1.82, 2.24) is 0 Å². The summed E-state index contributed by atoms with van der Waals surface area (Å²) in [5.41, 5.74) is 0. The van der Waals surface area contributed by atoms with E-state index in [1.807, 2.05) is 0 Å². The van der Waals surface area contributed by atoms with Gasteiger partial charge in [0, 0.05) is 13.5 Å². The molecule has 0 heterocycles. The topological polar surface area (TPSA) is 26.3 Å². The molecule has 0 aromatic rings. The van der Waals surface area contributed by atoms with Crippen LogP contribution >= 0.6 is 0 Å². The third kappa shape index (κ3) is 3.62. The van der Waals surface area contributed by atoms with Crippen molar-refractivity contribution in [2.24, 2.45) is 0 Å². The summed E-state index contributed by atoms with van der Waals surface area (Å²) in [7, 11) is 1.56. The predicted molar refractivity (Wildman–Crippen MR) is 41.0 cm³/mol. The van der Waals surface area contributed by atoms with E-state index >= 15 is 0 Å². The van der Waals surface area contributed by atoms with Gasteiger partial charge in [-0.05, 0) is 13.3 Å². The number of hydrogen-bond donors (Lipinski definition) is 0. The summed E-state index contributed by atoms with van der Waals surface area (Å²) in [5.74, 6) is 0.212. The van der Waals surface area contributed by atoms with Crippen LogP contribution in [-0.4, -0.2) is 19.0 Å². The highest BCUT2D eigenvalue weighted by Gasteiger charge is 2.09. The fourth-order valence-corrected chi connectivity index (χ4v) is 0.686. The van der Waals surface area contributed by atoms with E-state index in [0.717, 1.165) is 12.8 Å². The number of ketones is 1. The molecule has 0 N–H and O–H groups in total. The Kier molecular flexibility index (Phi) is 5.22. The Bertz CT molecular complexity index is 99.4. The number of ether oxygens (including phenoxy) is 1. The van der Waals surface area contributed by atoms with Gasteiger partial charge in [0.2, 0.25) is 0 Å². The van der Waals surface area contributed by atoms with E-state index < -0.39 is 0 Å². The first-order chi connectivity index (χ1) is 4.72. The summed E-state index contributed by atoms with van der Waals surface area (Å²) in [6, 6.07) is 0. The molecular formula is C8H16O2. The fraction of sp³-hybridized carbons (Fsp3) is 0.875. The molecule has 0 aromatic carbocycles. The van der Waals surface area contributed by atoms with Crippen molar-refractivity contribution in [3.05, 3.63) is 0 Å². The van der Waals surface area contributed by atoms with Crippen LogP contribution in [-0.2, 0) is 9.53 Å². The number of hydrogen-bond acceptors (Lipinski definition) is 2. The van der Waals surface area contributed by atoms with Gasteiger partial charge in [-0.2, -0.15) is 0 Å². The normalized spacial score (nSPS) is 13.1. The molecule has 2 heteroatoms. The highest BCUT2D eigenvalue weighted by Crippen LogP contribution is 2.00. The first-order valence-corrected chi connectivity index (χ1v) is 3.77. The van der Waals surface area contributed by atoms with Gasteiger partial charge in [-0.25, -0.2) is 0 Å². The summed E-state index contributed by atoms with van der Waals surface area (Å²) in [4.78, 5) is 11.0. The minimum Gasteiger partial charge on any atom is -0.374 e. The summed E-state index contributed by atoms with van der Waals surface area (Å²) >= 11 is 0. The maximum atomic E-state index is 11.0. The Morgan fingerprint density at radius 1 is 1.60 bits per heavy atom. The number of rotatable bonds is 5. The van der Waals surface area contributed by atoms with Gasteiger partial charge in [-0.3, -0.25) is 4.79 Å². The highest BCUT2D eigenvalue weighted by molar-refractivity contribution is 5.82. The first-order valence-electron chi connectivity index (χ1n) is 3.77. The molecule has 0 spiro atoms. The SMILES string of the molecule is CCCCC(=O)C(C)OC. The third-order valence-electron chi connectivity index (χ3n) is 1.58. The molecule has 0 aromatic heterocycles. The molecule has 1 unspecified atom stereocenters. The molecule has 1 atom stereocenters. The van der Waals surface area contributed by atoms with Crippen molar-refractivity contribution in [1.29, 1.82) is 0 Å². The summed E-state index contributed by atoms with van der Waals surface area (Å²) < 4.78 is 4.86. The zero-order valence-electron chi connectivity index (χ0n) is 7.02. The van der Waals surface area contributed by atoms with Crippen LogP contribution in [0.4, 0.5) is 0 Å². The van der Waals surface area contributed by atoms with Crippen molar-refractivity contribution in [2.75, 3.05) is 7.11 Å². The number of carbonyl (C=O) groups excluding carboxylic acids is 1. The van der Waals surface area contributed by atoms with Gasteiger partial charge in [0.05, 0.1) is 0 Å². The number of unbranched alkanes of at least 4 members (excludes halogenated alkanes) is 1. The van der Waals surface area contributed by atoms with Crippen molar-refractivity contribution in [2.45, 2.75) is 39.2 Å². The summed E-state index contributed by atoms with van der Waals surface area (Å²) in [6.45, 7) is 3.86. The molecule has 60 valence electrons. The van der Waals surface area contributed by atoms with Gasteiger partial charge in [0.1, 0.15) is 6.10 Å². The van der Waals surface area contributed by atoms with Crippen molar-refractivity contribution < 1.29 is 9.53 Å². The molecule has 0 bridgehead atoms. The van der Waals surface area contributed by atoms with Gasteiger partial charge in [-0.15, -0.1) is 0 Å². The lowest BCUT2D eigenvalue weighted by atomic mass is 10.1. The molecule has 0 saturated heterocycles. The third-order valence-corrected chi connectivity index (χ3v) is 1.58. The molecular weight excluding hydrogens is 128 g/mol. The standard InChI is InChI=1S/C8H16O2/c1-4-5-6-8(9)7(2)10-3/h7H,4-6H2,1-3H3. The van der Waals surface area contributed by atoms with Crippen LogP contribution in [0.15, 0.2) is 0 Å². The zero-order chi connectivity index (χ0) is 7.98. The second-order valence-corrected chi connectivity index (χ2v) is 2.45. The predicted octanol–water partition coefficient (Wildman–Crippen LogP) is 1.78. The zero-order valence-corrected chi connectivity index (χ0v) is 7.02. The van der Waals surface area contributed by atoms with Crippen molar-refractivity contribution >= 4 is 5.78 Å². The van der Waals surface area contributed by atoms with Gasteiger partial charge in [-0.1, -0.05) is 13.3 Å². The smallest absolute Gasteiger partial charge is 0.161 e. The average Bonchev–Trinajstić information content (AvgIpc) is 1.98. The van der Waals surface area contributed by atoms with Crippen LogP contribution in [0.1, 0.15) is 33.1 Å². The van der Waals surface area contributed by atoms with Crippen molar-refractivity contribution in [3.63, 3.8) is 0 Å². The molecule has 0 aliphatic heterocycles. The molecule has 0 saturated carbocycles. The van der Waals surface area contributed by atoms with Crippen molar-refractivity contribution in [3.8, 4) is 0 Å². The van der Waals surface area contributed by atoms with Crippen LogP contribution in [0.5, 0.6) is 0 Å². The lowest BCUT2D eigenvalue weighted by Crippen LogP contribution is -2.18. The van der Waals surface area contributed by atoms with Crippen LogP contribution in [0.25, 0.3) is 0 Å². The average molecular weight is 144 g/mol. The maximum Gasteiger partial charge on any atom is 0.161 e. The molecule has 0 rings (SSSR count). The highest BCUT2D eigenvalue weighted by atomic mass is 16.5. The lowest BCUT2D eigenvalue weighted by molar-refractivity contribution is -0.127. The molecule has 0 fully saturated rings. The molecule has 0 amide bonds. The van der Waals surface area contributed by atoms with Gasteiger partial charge < -0.3 is 4.74 Å². The van der Waals surface area contributed by atoms with Crippen LogP contribution in [0.2, 0.25) is 0 Å². The quantitative estimate of drug-likeness (QED) is 0.588. The second kappa shape index (κ2) is 5.42. The largest absolute Gasteiger partial charge is 0.374 e. The second-order valence-electron chi connectivity index (χ2n) is 2.45. The molecule has 0 aliphatic rings. The Hall–Kier alpha value is -0.370. The van der Waals surface area contributed by atoms with Crippen LogP contribution in [0.3, 0.4) is 0 Å². The number of Topliss-reactive ketones (excluding diaryl/α,β-unsaturated/α-hetero) is 1. The van der Waals surface area contributed by atoms with Crippen LogP contribution < -0.4 is 0 Å². The minimum absolute atomic E-state index is 0.212. The van der Waals surface area contributed by atoms with E-state index in [-0.39, 0.29) is 11.9 Å². The number of methoxy groups -OCH3 is 1. The van der Waals surface area contributed by atoms with E-state index in [2.05, 4.69) is 6.92 Å². The summed E-state index contributed by atoms with van der Waals surface area (Å²) in [5, 5.41) is 0. The van der Waals surface area contributed by atoms with Crippen LogP contribution in [0, 0.1) is 0 Å². The Balaban J connectivity index is 3.42. The van der Waals surface area contributed by atoms with E-state index in [4.69, 9.17) is 4.74 Å². The maximum absolute atomic E-state index is 11.0. The van der Waals surface area contributed by atoms with E-state index in [1.54, 1.807) is 14.0 Å². The Morgan fingerprint density at radius 2 is 2.20 bits per heavy atom. The summed E-state index contributed by atoms with van der Waals surface area (Å²) in [6.07, 6.45) is 2.49. The fourth-order valence-electron chi connectivity index (χ4n) is 0.686. The van der Waals surface area contributed by atoms with E-state index in [1.165, 1.54) is 0 Å². The molecule has 0 radical (unpaired) electrons. The number of carbonyl (C=O) groups is 1. The van der Waals surface area contributed by atoms with E-state index in [9.17, 15) is 4.79 Å². The minimum atomic E-state index is -0.216.